The van der Waals surface area contributed by atoms with Crippen LogP contribution in [-0.2, 0) is 0 Å². The van der Waals surface area contributed by atoms with Gasteiger partial charge in [0.1, 0.15) is 5.75 Å². The molecule has 0 saturated carbocycles. The van der Waals surface area contributed by atoms with Gasteiger partial charge in [-0.2, -0.15) is 8.78 Å². The van der Waals surface area contributed by atoms with Crippen molar-refractivity contribution in [2.45, 2.75) is 45.4 Å². The number of likely N-dealkylation sites (N-methyl/N-ethyl adjacent to an activating group) is 1. The molecule has 1 saturated heterocycles. The Kier molecular flexibility index (Phi) is 5.94. The topological polar surface area (TPSA) is 24.5 Å². The molecule has 0 spiro atoms. The summed E-state index contributed by atoms with van der Waals surface area (Å²) in [7, 11) is 0. The van der Waals surface area contributed by atoms with E-state index in [0.717, 1.165) is 18.7 Å². The lowest BCUT2D eigenvalue weighted by atomic mass is 10.1. The lowest BCUT2D eigenvalue weighted by Crippen LogP contribution is -2.38. The van der Waals surface area contributed by atoms with E-state index in [-0.39, 0.29) is 11.8 Å². The third-order valence-corrected chi connectivity index (χ3v) is 4.15. The summed E-state index contributed by atoms with van der Waals surface area (Å²) in [5, 5.41) is 3.50. The second kappa shape index (κ2) is 7.71. The first kappa shape index (κ1) is 16.2. The summed E-state index contributed by atoms with van der Waals surface area (Å²) >= 11 is 0. The molecule has 2 atom stereocenters. The Balaban J connectivity index is 1.89. The average molecular weight is 298 g/mol. The highest BCUT2D eigenvalue weighted by molar-refractivity contribution is 5.30. The average Bonchev–Trinajstić information content (AvgIpc) is 2.91. The summed E-state index contributed by atoms with van der Waals surface area (Å²) in [6.07, 6.45) is 2.48. The molecular weight excluding hydrogens is 274 g/mol. The minimum Gasteiger partial charge on any atom is -0.435 e. The fourth-order valence-electron chi connectivity index (χ4n) is 2.93. The first-order chi connectivity index (χ1) is 10.1. The van der Waals surface area contributed by atoms with Gasteiger partial charge in [-0.25, -0.2) is 0 Å². The highest BCUT2D eigenvalue weighted by atomic mass is 19.3. The van der Waals surface area contributed by atoms with Crippen molar-refractivity contribution >= 4 is 0 Å². The molecule has 0 radical (unpaired) electrons. The molecule has 1 heterocycles. The van der Waals surface area contributed by atoms with Crippen LogP contribution in [0.2, 0.25) is 0 Å². The SMILES string of the molecule is CCN1CCCC1CNC(C)c1cccc(OC(F)F)c1. The lowest BCUT2D eigenvalue weighted by molar-refractivity contribution is -0.0499. The highest BCUT2D eigenvalue weighted by Crippen LogP contribution is 2.22. The molecule has 0 amide bonds. The van der Waals surface area contributed by atoms with E-state index in [0.29, 0.717) is 6.04 Å². The number of likely N-dealkylation sites (tertiary alicyclic amines) is 1. The Morgan fingerprint density at radius 1 is 1.43 bits per heavy atom. The van der Waals surface area contributed by atoms with Crippen molar-refractivity contribution in [1.82, 2.24) is 10.2 Å². The van der Waals surface area contributed by atoms with Gasteiger partial charge in [-0.05, 0) is 50.6 Å². The minimum absolute atomic E-state index is 0.116. The number of hydrogen-bond acceptors (Lipinski definition) is 3. The molecule has 0 aliphatic carbocycles. The van der Waals surface area contributed by atoms with E-state index >= 15 is 0 Å². The second-order valence-electron chi connectivity index (χ2n) is 5.51. The van der Waals surface area contributed by atoms with Crippen LogP contribution in [-0.4, -0.2) is 37.2 Å². The quantitative estimate of drug-likeness (QED) is 0.835. The second-order valence-corrected chi connectivity index (χ2v) is 5.51. The van der Waals surface area contributed by atoms with Crippen LogP contribution in [0.3, 0.4) is 0 Å². The molecule has 5 heteroatoms. The molecule has 21 heavy (non-hydrogen) atoms. The fourth-order valence-corrected chi connectivity index (χ4v) is 2.93. The van der Waals surface area contributed by atoms with Crippen molar-refractivity contribution in [3.05, 3.63) is 29.8 Å². The maximum absolute atomic E-state index is 12.2. The third-order valence-electron chi connectivity index (χ3n) is 4.15. The Bertz CT molecular complexity index is 442. The molecule has 2 rings (SSSR count). The minimum atomic E-state index is -2.78. The zero-order valence-electron chi connectivity index (χ0n) is 12.7. The zero-order valence-corrected chi connectivity index (χ0v) is 12.7. The van der Waals surface area contributed by atoms with Gasteiger partial charge in [0.2, 0.25) is 0 Å². The molecule has 118 valence electrons. The zero-order chi connectivity index (χ0) is 15.2. The van der Waals surface area contributed by atoms with E-state index in [9.17, 15) is 8.78 Å². The number of nitrogens with one attached hydrogen (secondary N) is 1. The van der Waals surface area contributed by atoms with E-state index in [1.807, 2.05) is 13.0 Å². The molecule has 2 unspecified atom stereocenters. The van der Waals surface area contributed by atoms with Gasteiger partial charge >= 0.3 is 6.61 Å². The van der Waals surface area contributed by atoms with Gasteiger partial charge in [0.05, 0.1) is 0 Å². The van der Waals surface area contributed by atoms with Gasteiger partial charge in [0.25, 0.3) is 0 Å². The number of ether oxygens (including phenoxy) is 1. The molecule has 1 aliphatic heterocycles. The van der Waals surface area contributed by atoms with Crippen LogP contribution in [0.4, 0.5) is 8.78 Å². The summed E-state index contributed by atoms with van der Waals surface area (Å²) in [4.78, 5) is 2.48. The van der Waals surface area contributed by atoms with Crippen molar-refractivity contribution in [2.24, 2.45) is 0 Å². The van der Waals surface area contributed by atoms with Crippen LogP contribution in [0.1, 0.15) is 38.3 Å². The summed E-state index contributed by atoms with van der Waals surface area (Å²) in [6.45, 7) is 4.64. The van der Waals surface area contributed by atoms with Crippen LogP contribution in [0.5, 0.6) is 5.75 Å². The smallest absolute Gasteiger partial charge is 0.387 e. The van der Waals surface area contributed by atoms with Crippen LogP contribution in [0.25, 0.3) is 0 Å². The number of benzene rings is 1. The molecule has 0 bridgehead atoms. The van der Waals surface area contributed by atoms with Crippen molar-refractivity contribution in [3.8, 4) is 5.75 Å². The van der Waals surface area contributed by atoms with E-state index in [1.54, 1.807) is 18.2 Å². The summed E-state index contributed by atoms with van der Waals surface area (Å²) in [5.74, 6) is 0.215. The van der Waals surface area contributed by atoms with Gasteiger partial charge in [-0.3, -0.25) is 4.90 Å². The Morgan fingerprint density at radius 3 is 2.95 bits per heavy atom. The number of alkyl halides is 2. The molecule has 1 aromatic carbocycles. The maximum atomic E-state index is 12.2. The fraction of sp³-hybridized carbons (Fsp3) is 0.625. The molecule has 1 fully saturated rings. The predicted molar refractivity (Wildman–Crippen MR) is 79.8 cm³/mol. The summed E-state index contributed by atoms with van der Waals surface area (Å²) in [5.41, 5.74) is 0.967. The Hall–Kier alpha value is -1.20. The number of nitrogens with zero attached hydrogens (tertiary/aromatic N) is 1. The normalized spacial score (nSPS) is 20.9. The van der Waals surface area contributed by atoms with Crippen molar-refractivity contribution in [3.63, 3.8) is 0 Å². The molecule has 3 nitrogen and oxygen atoms in total. The Morgan fingerprint density at radius 2 is 2.24 bits per heavy atom. The standard InChI is InChI=1S/C16H24F2N2O/c1-3-20-9-5-7-14(20)11-19-12(2)13-6-4-8-15(10-13)21-16(17)18/h4,6,8,10,12,14,16,19H,3,5,7,9,11H2,1-2H3. The Labute approximate surface area is 125 Å². The van der Waals surface area contributed by atoms with Gasteiger partial charge in [0.15, 0.2) is 0 Å². The molecule has 1 aromatic rings. The van der Waals surface area contributed by atoms with E-state index in [2.05, 4.69) is 21.9 Å². The monoisotopic (exact) mass is 298 g/mol. The first-order valence-electron chi connectivity index (χ1n) is 7.62. The van der Waals surface area contributed by atoms with Gasteiger partial charge in [-0.1, -0.05) is 19.1 Å². The summed E-state index contributed by atoms with van der Waals surface area (Å²) in [6, 6.07) is 7.61. The maximum Gasteiger partial charge on any atom is 0.387 e. The van der Waals surface area contributed by atoms with Gasteiger partial charge in [0, 0.05) is 18.6 Å². The largest absolute Gasteiger partial charge is 0.435 e. The van der Waals surface area contributed by atoms with Crippen molar-refractivity contribution < 1.29 is 13.5 Å². The predicted octanol–water partition coefficient (Wildman–Crippen LogP) is 3.42. The van der Waals surface area contributed by atoms with Crippen LogP contribution in [0, 0.1) is 0 Å². The molecular formula is C16H24F2N2O. The first-order valence-corrected chi connectivity index (χ1v) is 7.62. The van der Waals surface area contributed by atoms with Gasteiger partial charge < -0.3 is 10.1 Å². The number of hydrogen-bond donors (Lipinski definition) is 1. The van der Waals surface area contributed by atoms with Crippen LogP contribution < -0.4 is 10.1 Å². The highest BCUT2D eigenvalue weighted by Gasteiger charge is 2.23. The molecule has 0 aromatic heterocycles. The lowest BCUT2D eigenvalue weighted by Gasteiger charge is -2.25. The van der Waals surface area contributed by atoms with E-state index < -0.39 is 6.61 Å². The van der Waals surface area contributed by atoms with Crippen LogP contribution in [0.15, 0.2) is 24.3 Å². The van der Waals surface area contributed by atoms with E-state index in [4.69, 9.17) is 0 Å². The summed E-state index contributed by atoms with van der Waals surface area (Å²) < 4.78 is 28.9. The van der Waals surface area contributed by atoms with Gasteiger partial charge in [-0.15, -0.1) is 0 Å². The third kappa shape index (κ3) is 4.64. The van der Waals surface area contributed by atoms with E-state index in [1.165, 1.54) is 19.4 Å². The molecule has 1 N–H and O–H groups in total. The number of rotatable bonds is 7. The van der Waals surface area contributed by atoms with Crippen molar-refractivity contribution in [2.75, 3.05) is 19.6 Å². The molecule has 1 aliphatic rings. The van der Waals surface area contributed by atoms with Crippen LogP contribution >= 0.6 is 0 Å². The van der Waals surface area contributed by atoms with Crippen molar-refractivity contribution in [1.29, 1.82) is 0 Å². The number of halogens is 2.